The van der Waals surface area contributed by atoms with E-state index in [-0.39, 0.29) is 23.4 Å². The van der Waals surface area contributed by atoms with Crippen LogP contribution in [0.3, 0.4) is 0 Å². The molecular formula is C29H39FN4O5S. The van der Waals surface area contributed by atoms with Crippen LogP contribution in [-0.4, -0.2) is 73.5 Å². The van der Waals surface area contributed by atoms with Gasteiger partial charge in [-0.25, -0.2) is 17.6 Å². The third-order valence-corrected chi connectivity index (χ3v) is 9.04. The fraction of sp³-hybridized carbons (Fsp3) is 0.517. The van der Waals surface area contributed by atoms with Gasteiger partial charge in [0, 0.05) is 37.9 Å². The molecule has 0 bridgehead atoms. The summed E-state index contributed by atoms with van der Waals surface area (Å²) in [4.78, 5) is 26.9. The molecule has 218 valence electrons. The van der Waals surface area contributed by atoms with Crippen molar-refractivity contribution in [3.8, 4) is 0 Å². The van der Waals surface area contributed by atoms with E-state index >= 15 is 0 Å². The van der Waals surface area contributed by atoms with E-state index in [0.717, 1.165) is 36.2 Å². The van der Waals surface area contributed by atoms with Crippen LogP contribution in [0.15, 0.2) is 53.4 Å². The molecule has 2 N–H and O–H groups in total. The number of hydrogen-bond donors (Lipinski definition) is 2. The fourth-order valence-corrected chi connectivity index (χ4v) is 6.75. The summed E-state index contributed by atoms with van der Waals surface area (Å²) < 4.78 is 46.1. The van der Waals surface area contributed by atoms with Crippen molar-refractivity contribution in [3.63, 3.8) is 0 Å². The molecule has 0 radical (unpaired) electrons. The van der Waals surface area contributed by atoms with Crippen molar-refractivity contribution in [2.45, 2.75) is 75.5 Å². The molecule has 0 spiro atoms. The lowest BCUT2D eigenvalue weighted by Crippen LogP contribution is -2.51. The second-order valence-electron chi connectivity index (χ2n) is 11.3. The number of piperidine rings is 1. The first-order valence-corrected chi connectivity index (χ1v) is 15.2. The molecule has 0 aromatic heterocycles. The smallest absolute Gasteiger partial charge is 0.407 e. The highest BCUT2D eigenvalue weighted by atomic mass is 32.2. The van der Waals surface area contributed by atoms with Crippen LogP contribution < -0.4 is 10.6 Å². The molecule has 2 heterocycles. The van der Waals surface area contributed by atoms with Crippen molar-refractivity contribution < 1.29 is 27.1 Å². The van der Waals surface area contributed by atoms with Crippen molar-refractivity contribution >= 4 is 27.7 Å². The van der Waals surface area contributed by atoms with E-state index in [1.807, 2.05) is 45.0 Å². The minimum Gasteiger partial charge on any atom is -0.444 e. The summed E-state index contributed by atoms with van der Waals surface area (Å²) in [6.45, 7) is 7.34. The Morgan fingerprint density at radius 3 is 2.25 bits per heavy atom. The molecule has 0 aliphatic carbocycles. The SMILES string of the molecule is CC(C)(C)OC(=O)NCCc1ccc(NC2CCN(C(=O)[C@@H]3CCCN3S(=O)(=O)c3ccc(F)cc3)CC2)cc1. The first-order valence-electron chi connectivity index (χ1n) is 13.8. The number of ether oxygens (including phenoxy) is 1. The second-order valence-corrected chi connectivity index (χ2v) is 13.2. The number of carbonyl (C=O) groups is 2. The summed E-state index contributed by atoms with van der Waals surface area (Å²) >= 11 is 0. The number of alkyl carbamates (subject to hydrolysis) is 1. The Morgan fingerprint density at radius 1 is 0.975 bits per heavy atom. The molecule has 2 fully saturated rings. The number of likely N-dealkylation sites (tertiary alicyclic amines) is 1. The zero-order valence-corrected chi connectivity index (χ0v) is 24.2. The Morgan fingerprint density at radius 2 is 1.62 bits per heavy atom. The molecule has 2 aromatic rings. The number of nitrogens with one attached hydrogen (secondary N) is 2. The highest BCUT2D eigenvalue weighted by Gasteiger charge is 2.41. The second kappa shape index (κ2) is 12.6. The van der Waals surface area contributed by atoms with Crippen molar-refractivity contribution in [1.82, 2.24) is 14.5 Å². The van der Waals surface area contributed by atoms with Gasteiger partial charge in [0.05, 0.1) is 4.90 Å². The Balaban J connectivity index is 1.24. The Labute approximate surface area is 236 Å². The summed E-state index contributed by atoms with van der Waals surface area (Å²) in [5, 5.41) is 6.30. The molecule has 1 atom stereocenters. The van der Waals surface area contributed by atoms with E-state index in [9.17, 15) is 22.4 Å². The number of nitrogens with zero attached hydrogens (tertiary/aromatic N) is 2. The van der Waals surface area contributed by atoms with E-state index in [4.69, 9.17) is 4.74 Å². The Kier molecular flexibility index (Phi) is 9.35. The zero-order valence-electron chi connectivity index (χ0n) is 23.4. The lowest BCUT2D eigenvalue weighted by molar-refractivity contribution is -0.135. The highest BCUT2D eigenvalue weighted by molar-refractivity contribution is 7.89. The van der Waals surface area contributed by atoms with Gasteiger partial charge in [-0.05, 0) is 94.8 Å². The number of benzene rings is 2. The van der Waals surface area contributed by atoms with Crippen LogP contribution in [-0.2, 0) is 26.0 Å². The third-order valence-electron chi connectivity index (χ3n) is 7.12. The summed E-state index contributed by atoms with van der Waals surface area (Å²) in [5.41, 5.74) is 1.56. The predicted octanol–water partition coefficient (Wildman–Crippen LogP) is 4.15. The Hall–Kier alpha value is -3.18. The van der Waals surface area contributed by atoms with Gasteiger partial charge in [-0.1, -0.05) is 12.1 Å². The van der Waals surface area contributed by atoms with Gasteiger partial charge in [0.2, 0.25) is 15.9 Å². The molecule has 0 unspecified atom stereocenters. The van der Waals surface area contributed by atoms with Crippen molar-refractivity contribution in [3.05, 3.63) is 59.9 Å². The molecule has 2 aliphatic rings. The molecule has 40 heavy (non-hydrogen) atoms. The van der Waals surface area contributed by atoms with Gasteiger partial charge < -0.3 is 20.3 Å². The van der Waals surface area contributed by atoms with Crippen LogP contribution >= 0.6 is 0 Å². The first-order chi connectivity index (χ1) is 18.9. The van der Waals surface area contributed by atoms with Crippen LogP contribution in [0.2, 0.25) is 0 Å². The normalized spacial score (nSPS) is 18.9. The molecule has 2 saturated heterocycles. The Bertz CT molecular complexity index is 1270. The number of hydrogen-bond acceptors (Lipinski definition) is 6. The van der Waals surface area contributed by atoms with Gasteiger partial charge >= 0.3 is 6.09 Å². The predicted molar refractivity (Wildman–Crippen MR) is 151 cm³/mol. The van der Waals surface area contributed by atoms with Gasteiger partial charge in [0.15, 0.2) is 0 Å². The van der Waals surface area contributed by atoms with Crippen molar-refractivity contribution in [1.29, 1.82) is 0 Å². The maximum absolute atomic E-state index is 13.3. The van der Waals surface area contributed by atoms with Crippen LogP contribution in [0.25, 0.3) is 0 Å². The fourth-order valence-electron chi connectivity index (χ4n) is 5.10. The maximum atomic E-state index is 13.3. The maximum Gasteiger partial charge on any atom is 0.407 e. The van der Waals surface area contributed by atoms with Gasteiger partial charge in [0.1, 0.15) is 17.5 Å². The number of sulfonamides is 1. The largest absolute Gasteiger partial charge is 0.444 e. The molecule has 2 aromatic carbocycles. The summed E-state index contributed by atoms with van der Waals surface area (Å²) in [7, 11) is -3.88. The molecule has 0 saturated carbocycles. The van der Waals surface area contributed by atoms with E-state index in [2.05, 4.69) is 10.6 Å². The number of halogens is 1. The molecular weight excluding hydrogens is 535 g/mol. The average molecular weight is 575 g/mol. The number of rotatable bonds is 8. The highest BCUT2D eigenvalue weighted by Crippen LogP contribution is 2.28. The molecule has 9 nitrogen and oxygen atoms in total. The molecule has 2 amide bonds. The summed E-state index contributed by atoms with van der Waals surface area (Å²) in [5.74, 6) is -0.668. The quantitative estimate of drug-likeness (QED) is 0.491. The van der Waals surface area contributed by atoms with Crippen LogP contribution in [0.5, 0.6) is 0 Å². The number of carbonyl (C=O) groups excluding carboxylic acids is 2. The lowest BCUT2D eigenvalue weighted by Gasteiger charge is -2.35. The first kappa shape index (κ1) is 29.8. The average Bonchev–Trinajstić information content (AvgIpc) is 3.40. The van der Waals surface area contributed by atoms with Crippen LogP contribution in [0.4, 0.5) is 14.9 Å². The van der Waals surface area contributed by atoms with Crippen LogP contribution in [0.1, 0.15) is 52.0 Å². The molecule has 11 heteroatoms. The van der Waals surface area contributed by atoms with Gasteiger partial charge in [-0.3, -0.25) is 4.79 Å². The van der Waals surface area contributed by atoms with E-state index in [0.29, 0.717) is 38.9 Å². The summed E-state index contributed by atoms with van der Waals surface area (Å²) in [6, 6.07) is 12.3. The van der Waals surface area contributed by atoms with Crippen LogP contribution in [0, 0.1) is 5.82 Å². The standard InChI is InChI=1S/C29H39FN4O5S/c1-29(2,3)39-28(36)31-17-14-21-6-10-23(11-7-21)32-24-15-19-33(20-16-24)27(35)26-5-4-18-34(26)40(37,38)25-12-8-22(30)9-13-25/h6-13,24,26,32H,4-5,14-20H2,1-3H3,(H,31,36)/t26-/m0/s1. The summed E-state index contributed by atoms with van der Waals surface area (Å²) in [6.07, 6.45) is 2.87. The van der Waals surface area contributed by atoms with Crippen molar-refractivity contribution in [2.75, 3.05) is 31.5 Å². The number of amides is 2. The zero-order chi connectivity index (χ0) is 28.9. The van der Waals surface area contributed by atoms with E-state index in [1.54, 1.807) is 4.90 Å². The van der Waals surface area contributed by atoms with Gasteiger partial charge in [-0.15, -0.1) is 0 Å². The van der Waals surface area contributed by atoms with E-state index < -0.39 is 33.6 Å². The molecule has 2 aliphatic heterocycles. The molecule has 4 rings (SSSR count). The van der Waals surface area contributed by atoms with Gasteiger partial charge in [-0.2, -0.15) is 4.31 Å². The minimum atomic E-state index is -3.88. The van der Waals surface area contributed by atoms with Gasteiger partial charge in [0.25, 0.3) is 0 Å². The van der Waals surface area contributed by atoms with E-state index in [1.165, 1.54) is 16.4 Å². The topological polar surface area (TPSA) is 108 Å². The third kappa shape index (κ3) is 7.72. The minimum absolute atomic E-state index is 0.00169. The number of anilines is 1. The monoisotopic (exact) mass is 574 g/mol. The van der Waals surface area contributed by atoms with Crippen molar-refractivity contribution in [2.24, 2.45) is 0 Å². The lowest BCUT2D eigenvalue weighted by atomic mass is 10.0.